The fraction of sp³-hybridized carbons (Fsp3) is 0.889. The third kappa shape index (κ3) is 5.88. The standard InChI is InChI=1S/C18H31NO12/c1-7-14(24)16(26)15(25)12(30-7)6-29-18(17(27)28)4-10(23)13(19-8(2)21)11(31-18)3-9(22)5-20/h7,9-16,20,22-26H,3-6H2,1-2H3,(H,19,21)(H,27,28)/t7?,9-,10?,11?,12?,13?,14?,15?,16?,18?/m0/s1. The molecule has 2 rings (SSSR count). The van der Waals surface area contributed by atoms with Crippen LogP contribution in [0.2, 0.25) is 0 Å². The molecule has 0 saturated carbocycles. The fourth-order valence-electron chi connectivity index (χ4n) is 3.76. The molecule has 0 aromatic carbocycles. The summed E-state index contributed by atoms with van der Waals surface area (Å²) < 4.78 is 16.4. The second kappa shape index (κ2) is 10.5. The quantitative estimate of drug-likeness (QED) is 0.177. The number of nitrogens with one attached hydrogen (secondary N) is 1. The van der Waals surface area contributed by atoms with Crippen molar-refractivity contribution in [3.8, 4) is 0 Å². The van der Waals surface area contributed by atoms with Crippen molar-refractivity contribution in [2.75, 3.05) is 13.2 Å². The molecule has 2 saturated heterocycles. The normalized spacial score (nSPS) is 42.1. The van der Waals surface area contributed by atoms with E-state index < -0.39 is 92.2 Å². The van der Waals surface area contributed by atoms with Crippen molar-refractivity contribution in [3.63, 3.8) is 0 Å². The Hall–Kier alpha value is -1.42. The second-order valence-corrected chi connectivity index (χ2v) is 7.95. The van der Waals surface area contributed by atoms with E-state index >= 15 is 0 Å². The highest BCUT2D eigenvalue weighted by Crippen LogP contribution is 2.34. The highest BCUT2D eigenvalue weighted by molar-refractivity contribution is 5.76. The van der Waals surface area contributed by atoms with Gasteiger partial charge in [0.1, 0.15) is 24.4 Å². The van der Waals surface area contributed by atoms with Crippen LogP contribution in [-0.4, -0.2) is 121 Å². The van der Waals surface area contributed by atoms with Crippen molar-refractivity contribution in [1.82, 2.24) is 5.32 Å². The number of carboxylic acid groups (broad SMARTS) is 1. The van der Waals surface area contributed by atoms with E-state index in [4.69, 9.17) is 19.3 Å². The number of aliphatic hydroxyl groups excluding tert-OH is 6. The number of rotatable bonds is 8. The van der Waals surface area contributed by atoms with Crippen molar-refractivity contribution in [2.45, 2.75) is 87.3 Å². The molecule has 13 nitrogen and oxygen atoms in total. The minimum Gasteiger partial charge on any atom is -0.477 e. The van der Waals surface area contributed by atoms with Gasteiger partial charge in [-0.2, -0.15) is 0 Å². The van der Waals surface area contributed by atoms with Crippen LogP contribution in [0.15, 0.2) is 0 Å². The summed E-state index contributed by atoms with van der Waals surface area (Å²) >= 11 is 0. The number of hydrogen-bond donors (Lipinski definition) is 8. The van der Waals surface area contributed by atoms with Crippen molar-refractivity contribution in [2.24, 2.45) is 0 Å². The maximum atomic E-state index is 12.0. The van der Waals surface area contributed by atoms with E-state index in [2.05, 4.69) is 5.32 Å². The maximum absolute atomic E-state index is 12.0. The van der Waals surface area contributed by atoms with E-state index in [9.17, 15) is 40.2 Å². The molecule has 2 aliphatic rings. The molecule has 31 heavy (non-hydrogen) atoms. The molecule has 8 N–H and O–H groups in total. The fourth-order valence-corrected chi connectivity index (χ4v) is 3.76. The lowest BCUT2D eigenvalue weighted by molar-refractivity contribution is -0.313. The minimum absolute atomic E-state index is 0.318. The molecule has 2 aliphatic heterocycles. The lowest BCUT2D eigenvalue weighted by Gasteiger charge is -2.46. The van der Waals surface area contributed by atoms with Crippen molar-refractivity contribution < 1.29 is 59.5 Å². The minimum atomic E-state index is -2.43. The molecule has 10 atom stereocenters. The Labute approximate surface area is 178 Å². The molecule has 9 unspecified atom stereocenters. The van der Waals surface area contributed by atoms with Crippen LogP contribution in [0.4, 0.5) is 0 Å². The van der Waals surface area contributed by atoms with Gasteiger partial charge in [0.05, 0.1) is 43.7 Å². The molecule has 0 aliphatic carbocycles. The van der Waals surface area contributed by atoms with Gasteiger partial charge in [0, 0.05) is 19.8 Å². The van der Waals surface area contributed by atoms with Crippen molar-refractivity contribution in [1.29, 1.82) is 0 Å². The van der Waals surface area contributed by atoms with Gasteiger partial charge in [0.25, 0.3) is 5.79 Å². The van der Waals surface area contributed by atoms with Gasteiger partial charge in [0.15, 0.2) is 0 Å². The number of aliphatic carboxylic acids is 1. The summed E-state index contributed by atoms with van der Waals surface area (Å²) in [7, 11) is 0. The molecule has 1 amide bonds. The Kier molecular flexibility index (Phi) is 8.72. The Bertz CT molecular complexity index is 635. The molecular formula is C18H31NO12. The Balaban J connectivity index is 2.21. The van der Waals surface area contributed by atoms with E-state index in [1.54, 1.807) is 0 Å². The van der Waals surface area contributed by atoms with Gasteiger partial charge >= 0.3 is 5.97 Å². The SMILES string of the molecule is CC(=O)NC1C(O)CC(OCC2OC(C)C(O)C(O)C2O)(C(=O)O)OC1C[C@H](O)CO. The predicted molar refractivity (Wildman–Crippen MR) is 99.5 cm³/mol. The summed E-state index contributed by atoms with van der Waals surface area (Å²) in [4.78, 5) is 23.5. The molecule has 13 heteroatoms. The van der Waals surface area contributed by atoms with Gasteiger partial charge in [-0.1, -0.05) is 0 Å². The molecule has 0 bridgehead atoms. The van der Waals surface area contributed by atoms with Crippen LogP contribution in [0.3, 0.4) is 0 Å². The summed E-state index contributed by atoms with van der Waals surface area (Å²) in [6, 6.07) is -1.08. The number of carbonyl (C=O) groups excluding carboxylic acids is 1. The molecule has 2 heterocycles. The summed E-state index contributed by atoms with van der Waals surface area (Å²) in [5, 5.41) is 71.4. The molecule has 0 radical (unpaired) electrons. The Morgan fingerprint density at radius 2 is 1.81 bits per heavy atom. The summed E-state index contributed by atoms with van der Waals surface area (Å²) in [5.74, 6) is -4.57. The first kappa shape index (κ1) is 25.8. The van der Waals surface area contributed by atoms with Crippen LogP contribution in [0, 0.1) is 0 Å². The summed E-state index contributed by atoms with van der Waals surface area (Å²) in [6.07, 6.45) is -11.5. The third-order valence-corrected chi connectivity index (χ3v) is 5.48. The lowest BCUT2D eigenvalue weighted by atomic mass is 9.90. The van der Waals surface area contributed by atoms with Gasteiger partial charge in [0.2, 0.25) is 5.91 Å². The topological polar surface area (TPSA) is 215 Å². The van der Waals surface area contributed by atoms with Crippen molar-refractivity contribution >= 4 is 11.9 Å². The average molecular weight is 453 g/mol. The first-order valence-electron chi connectivity index (χ1n) is 9.90. The van der Waals surface area contributed by atoms with E-state index in [1.807, 2.05) is 0 Å². The average Bonchev–Trinajstić information content (AvgIpc) is 2.70. The zero-order valence-corrected chi connectivity index (χ0v) is 17.2. The Morgan fingerprint density at radius 1 is 1.16 bits per heavy atom. The number of ether oxygens (including phenoxy) is 3. The number of carboxylic acids is 1. The van der Waals surface area contributed by atoms with Crippen LogP contribution >= 0.6 is 0 Å². The largest absolute Gasteiger partial charge is 0.477 e. The van der Waals surface area contributed by atoms with Crippen molar-refractivity contribution in [3.05, 3.63) is 0 Å². The van der Waals surface area contributed by atoms with E-state index in [0.717, 1.165) is 0 Å². The van der Waals surface area contributed by atoms with E-state index in [-0.39, 0.29) is 6.42 Å². The first-order chi connectivity index (χ1) is 14.4. The van der Waals surface area contributed by atoms with Crippen LogP contribution in [0.25, 0.3) is 0 Å². The smallest absolute Gasteiger partial charge is 0.364 e. The van der Waals surface area contributed by atoms with E-state index in [1.165, 1.54) is 13.8 Å². The highest BCUT2D eigenvalue weighted by atomic mass is 16.7. The maximum Gasteiger partial charge on any atom is 0.364 e. The van der Waals surface area contributed by atoms with E-state index in [0.29, 0.717) is 0 Å². The molecule has 0 aromatic rings. The molecular weight excluding hydrogens is 422 g/mol. The first-order valence-corrected chi connectivity index (χ1v) is 9.90. The monoisotopic (exact) mass is 453 g/mol. The summed E-state index contributed by atoms with van der Waals surface area (Å²) in [5.41, 5.74) is 0. The number of hydrogen-bond acceptors (Lipinski definition) is 11. The van der Waals surface area contributed by atoms with Gasteiger partial charge < -0.3 is 55.3 Å². The molecule has 0 spiro atoms. The van der Waals surface area contributed by atoms with Gasteiger partial charge in [-0.3, -0.25) is 4.79 Å². The molecule has 2 fully saturated rings. The van der Waals surface area contributed by atoms with Gasteiger partial charge in [-0.05, 0) is 6.92 Å². The number of aliphatic hydroxyl groups is 6. The van der Waals surface area contributed by atoms with Crippen LogP contribution in [0.1, 0.15) is 26.7 Å². The van der Waals surface area contributed by atoms with Gasteiger partial charge in [-0.25, -0.2) is 4.79 Å². The van der Waals surface area contributed by atoms with Crippen LogP contribution in [0.5, 0.6) is 0 Å². The highest BCUT2D eigenvalue weighted by Gasteiger charge is 2.54. The number of amides is 1. The summed E-state index contributed by atoms with van der Waals surface area (Å²) in [6.45, 7) is 1.40. The zero-order valence-electron chi connectivity index (χ0n) is 17.2. The van der Waals surface area contributed by atoms with Crippen LogP contribution in [-0.2, 0) is 23.8 Å². The van der Waals surface area contributed by atoms with Crippen LogP contribution < -0.4 is 5.32 Å². The third-order valence-electron chi connectivity index (χ3n) is 5.48. The lowest BCUT2D eigenvalue weighted by Crippen LogP contribution is -2.65. The molecule has 180 valence electrons. The van der Waals surface area contributed by atoms with Gasteiger partial charge in [-0.15, -0.1) is 0 Å². The predicted octanol–water partition coefficient (Wildman–Crippen LogP) is -3.95. The second-order valence-electron chi connectivity index (χ2n) is 7.95. The number of carbonyl (C=O) groups is 2. The Morgan fingerprint density at radius 3 is 2.35 bits per heavy atom. The zero-order chi connectivity index (χ0) is 23.5. The molecule has 0 aromatic heterocycles.